The number of nitrogens with one attached hydrogen (secondary N) is 1. The monoisotopic (exact) mass is 248 g/mol. The molecule has 0 atom stereocenters. The highest BCUT2D eigenvalue weighted by molar-refractivity contribution is 6.18. The van der Waals surface area contributed by atoms with Gasteiger partial charge in [0, 0.05) is 22.7 Å². The van der Waals surface area contributed by atoms with E-state index < -0.39 is 0 Å². The molecule has 0 aliphatic carbocycles. The Morgan fingerprint density at radius 2 is 1.94 bits per heavy atom. The lowest BCUT2D eigenvalue weighted by Crippen LogP contribution is -1.96. The average Bonchev–Trinajstić information content (AvgIpc) is 2.75. The fraction of sp³-hybridized carbons (Fsp3) is 0.357. The van der Waals surface area contributed by atoms with Crippen LogP contribution in [-0.2, 0) is 6.42 Å². The van der Waals surface area contributed by atoms with Crippen LogP contribution in [0.5, 0.6) is 0 Å². The third kappa shape index (κ3) is 2.52. The Balaban J connectivity index is 2.47. The zero-order valence-corrected chi connectivity index (χ0v) is 11.0. The van der Waals surface area contributed by atoms with Crippen LogP contribution in [0.25, 0.3) is 11.3 Å². The van der Waals surface area contributed by atoms with E-state index in [0.717, 1.165) is 17.7 Å². The van der Waals surface area contributed by atoms with Gasteiger partial charge in [-0.05, 0) is 12.3 Å². The molecule has 90 valence electrons. The molecule has 2 rings (SSSR count). The largest absolute Gasteiger partial charge is 0.281 e. The van der Waals surface area contributed by atoms with Crippen molar-refractivity contribution in [3.63, 3.8) is 0 Å². The molecule has 1 aromatic carbocycles. The molecule has 2 aromatic rings. The molecule has 0 amide bonds. The van der Waals surface area contributed by atoms with Crippen LogP contribution in [0, 0.1) is 0 Å². The van der Waals surface area contributed by atoms with Crippen molar-refractivity contribution in [1.82, 2.24) is 10.2 Å². The van der Waals surface area contributed by atoms with E-state index in [1.54, 1.807) is 0 Å². The summed E-state index contributed by atoms with van der Waals surface area (Å²) in [5, 5.41) is 7.59. The van der Waals surface area contributed by atoms with Crippen molar-refractivity contribution >= 4 is 11.6 Å². The molecule has 0 saturated heterocycles. The Kier molecular flexibility index (Phi) is 3.85. The van der Waals surface area contributed by atoms with Crippen LogP contribution in [0.1, 0.15) is 31.0 Å². The number of benzene rings is 1. The summed E-state index contributed by atoms with van der Waals surface area (Å²) < 4.78 is 0. The van der Waals surface area contributed by atoms with E-state index in [9.17, 15) is 0 Å². The summed E-state index contributed by atoms with van der Waals surface area (Å²) in [7, 11) is 0. The van der Waals surface area contributed by atoms with Gasteiger partial charge in [0.05, 0.1) is 5.69 Å². The molecule has 1 heterocycles. The van der Waals surface area contributed by atoms with Crippen LogP contribution in [-0.4, -0.2) is 16.1 Å². The molecule has 2 nitrogen and oxygen atoms in total. The van der Waals surface area contributed by atoms with E-state index in [0.29, 0.717) is 11.8 Å². The molecular weight excluding hydrogens is 232 g/mol. The zero-order chi connectivity index (χ0) is 12.3. The second-order valence-electron chi connectivity index (χ2n) is 4.42. The van der Waals surface area contributed by atoms with Crippen LogP contribution in [0.4, 0.5) is 0 Å². The Labute approximate surface area is 107 Å². The van der Waals surface area contributed by atoms with Crippen LogP contribution in [0.15, 0.2) is 30.3 Å². The first-order valence-corrected chi connectivity index (χ1v) is 6.46. The van der Waals surface area contributed by atoms with Gasteiger partial charge in [0.2, 0.25) is 0 Å². The molecule has 0 fully saturated rings. The third-order valence-corrected chi connectivity index (χ3v) is 3.06. The highest BCUT2D eigenvalue weighted by atomic mass is 35.5. The van der Waals surface area contributed by atoms with Gasteiger partial charge < -0.3 is 0 Å². The lowest BCUT2D eigenvalue weighted by atomic mass is 9.99. The topological polar surface area (TPSA) is 28.7 Å². The maximum atomic E-state index is 5.89. The van der Waals surface area contributed by atoms with Gasteiger partial charge in [0.15, 0.2) is 0 Å². The molecule has 0 aliphatic rings. The summed E-state index contributed by atoms with van der Waals surface area (Å²) >= 11 is 5.89. The number of hydrogen-bond acceptors (Lipinski definition) is 1. The molecule has 3 heteroatoms. The van der Waals surface area contributed by atoms with Crippen molar-refractivity contribution in [2.75, 3.05) is 5.88 Å². The summed E-state index contributed by atoms with van der Waals surface area (Å²) in [6.07, 6.45) is 0.857. The lowest BCUT2D eigenvalue weighted by Gasteiger charge is -2.06. The molecule has 0 unspecified atom stereocenters. The minimum absolute atomic E-state index is 0.443. The first-order valence-electron chi connectivity index (χ1n) is 5.92. The minimum Gasteiger partial charge on any atom is -0.281 e. The molecular formula is C14H17ClN2. The molecule has 1 aromatic heterocycles. The predicted octanol–water partition coefficient (Wildman–Crippen LogP) is 3.98. The van der Waals surface area contributed by atoms with Crippen LogP contribution in [0.3, 0.4) is 0 Å². The standard InChI is InChI=1S/C14H17ClN2/c1-10(2)13-12(8-9-15)14(17-16-13)11-6-4-3-5-7-11/h3-7,10H,8-9H2,1-2H3,(H,16,17). The number of hydrogen-bond donors (Lipinski definition) is 1. The van der Waals surface area contributed by atoms with Crippen LogP contribution < -0.4 is 0 Å². The Morgan fingerprint density at radius 3 is 2.53 bits per heavy atom. The molecule has 0 aliphatic heterocycles. The Morgan fingerprint density at radius 1 is 1.24 bits per heavy atom. The highest BCUT2D eigenvalue weighted by Crippen LogP contribution is 2.28. The summed E-state index contributed by atoms with van der Waals surface area (Å²) in [5.74, 6) is 1.07. The van der Waals surface area contributed by atoms with E-state index >= 15 is 0 Å². The number of aromatic nitrogens is 2. The van der Waals surface area contributed by atoms with Gasteiger partial charge in [0.1, 0.15) is 0 Å². The average molecular weight is 249 g/mol. The number of nitrogens with zero attached hydrogens (tertiary/aromatic N) is 1. The minimum atomic E-state index is 0.443. The lowest BCUT2D eigenvalue weighted by molar-refractivity contribution is 0.797. The van der Waals surface area contributed by atoms with Crippen molar-refractivity contribution in [3.05, 3.63) is 41.6 Å². The van der Waals surface area contributed by atoms with Gasteiger partial charge in [-0.2, -0.15) is 5.10 Å². The summed E-state index contributed by atoms with van der Waals surface area (Å²) in [5.41, 5.74) is 4.64. The van der Waals surface area contributed by atoms with Crippen molar-refractivity contribution < 1.29 is 0 Å². The summed E-state index contributed by atoms with van der Waals surface area (Å²) in [6, 6.07) is 10.2. The molecule has 0 spiro atoms. The second-order valence-corrected chi connectivity index (χ2v) is 4.80. The SMILES string of the molecule is CC(C)c1[nH]nc(-c2ccccc2)c1CCCl. The van der Waals surface area contributed by atoms with E-state index in [-0.39, 0.29) is 0 Å². The highest BCUT2D eigenvalue weighted by Gasteiger charge is 2.15. The molecule has 17 heavy (non-hydrogen) atoms. The number of aromatic amines is 1. The van der Waals surface area contributed by atoms with Gasteiger partial charge in [-0.15, -0.1) is 11.6 Å². The molecule has 0 bridgehead atoms. The summed E-state index contributed by atoms with van der Waals surface area (Å²) in [6.45, 7) is 4.33. The fourth-order valence-corrected chi connectivity index (χ4v) is 2.23. The fourth-order valence-electron chi connectivity index (χ4n) is 2.04. The number of halogens is 1. The van der Waals surface area contributed by atoms with Gasteiger partial charge in [-0.3, -0.25) is 5.10 Å². The second kappa shape index (κ2) is 5.37. The van der Waals surface area contributed by atoms with Crippen molar-refractivity contribution in [2.45, 2.75) is 26.2 Å². The van der Waals surface area contributed by atoms with Crippen molar-refractivity contribution in [1.29, 1.82) is 0 Å². The Bertz CT molecular complexity index is 474. The van der Waals surface area contributed by atoms with Gasteiger partial charge in [-0.25, -0.2) is 0 Å². The van der Waals surface area contributed by atoms with Crippen LogP contribution >= 0.6 is 11.6 Å². The summed E-state index contributed by atoms with van der Waals surface area (Å²) in [4.78, 5) is 0. The number of rotatable bonds is 4. The molecule has 0 radical (unpaired) electrons. The molecule has 0 saturated carbocycles. The number of alkyl halides is 1. The van der Waals surface area contributed by atoms with Crippen LogP contribution in [0.2, 0.25) is 0 Å². The van der Waals surface area contributed by atoms with E-state index in [1.807, 2.05) is 18.2 Å². The number of H-pyrrole nitrogens is 1. The maximum absolute atomic E-state index is 5.89. The normalized spacial score (nSPS) is 11.1. The smallest absolute Gasteiger partial charge is 0.0956 e. The zero-order valence-electron chi connectivity index (χ0n) is 10.2. The first-order chi connectivity index (χ1) is 8.24. The predicted molar refractivity (Wildman–Crippen MR) is 72.5 cm³/mol. The van der Waals surface area contributed by atoms with Gasteiger partial charge >= 0.3 is 0 Å². The maximum Gasteiger partial charge on any atom is 0.0956 e. The van der Waals surface area contributed by atoms with E-state index in [2.05, 4.69) is 36.2 Å². The third-order valence-electron chi connectivity index (χ3n) is 2.87. The molecule has 1 N–H and O–H groups in total. The first kappa shape index (κ1) is 12.2. The Hall–Kier alpha value is -1.28. The quantitative estimate of drug-likeness (QED) is 0.815. The van der Waals surface area contributed by atoms with Crippen molar-refractivity contribution in [2.24, 2.45) is 0 Å². The van der Waals surface area contributed by atoms with Gasteiger partial charge in [0.25, 0.3) is 0 Å². The van der Waals surface area contributed by atoms with E-state index in [4.69, 9.17) is 11.6 Å². The van der Waals surface area contributed by atoms with Crippen molar-refractivity contribution in [3.8, 4) is 11.3 Å². The van der Waals surface area contributed by atoms with E-state index in [1.165, 1.54) is 11.3 Å². The van der Waals surface area contributed by atoms with Gasteiger partial charge in [-0.1, -0.05) is 44.2 Å².